The Morgan fingerprint density at radius 2 is 1.72 bits per heavy atom. The second kappa shape index (κ2) is 7.43. The van der Waals surface area contributed by atoms with Crippen LogP contribution in [0.3, 0.4) is 0 Å². The number of morpholine rings is 1. The van der Waals surface area contributed by atoms with Crippen LogP contribution in [0, 0.1) is 5.92 Å². The van der Waals surface area contributed by atoms with Gasteiger partial charge in [0.25, 0.3) is 0 Å². The normalized spacial score (nSPS) is 20.2. The van der Waals surface area contributed by atoms with E-state index < -0.39 is 15.4 Å². The maximum atomic E-state index is 12.2. The molecule has 1 saturated heterocycles. The quantitative estimate of drug-likeness (QED) is 0.709. The van der Waals surface area contributed by atoms with E-state index in [1.165, 1.54) is 4.31 Å². The van der Waals surface area contributed by atoms with Crippen LogP contribution in [0.4, 0.5) is 0 Å². The van der Waals surface area contributed by atoms with Crippen molar-refractivity contribution in [2.45, 2.75) is 44.9 Å². The fourth-order valence-electron chi connectivity index (χ4n) is 2.04. The van der Waals surface area contributed by atoms with E-state index in [1.54, 1.807) is 0 Å². The van der Waals surface area contributed by atoms with Crippen LogP contribution in [0.25, 0.3) is 0 Å². The molecule has 0 saturated carbocycles. The van der Waals surface area contributed by atoms with Crippen molar-refractivity contribution >= 4 is 10.0 Å². The van der Waals surface area contributed by atoms with Crippen molar-refractivity contribution in [3.05, 3.63) is 0 Å². The molecule has 0 radical (unpaired) electrons. The number of sulfonamides is 1. The summed E-state index contributed by atoms with van der Waals surface area (Å²) < 4.78 is 30.9. The number of rotatable bonds is 7. The number of hydrogen-bond acceptors (Lipinski definition) is 4. The lowest BCUT2D eigenvalue weighted by atomic mass is 10.1. The van der Waals surface area contributed by atoms with Crippen LogP contribution >= 0.6 is 0 Å². The summed E-state index contributed by atoms with van der Waals surface area (Å²) in [6.07, 6.45) is 3.60. The van der Waals surface area contributed by atoms with Crippen molar-refractivity contribution in [1.29, 1.82) is 0 Å². The fourth-order valence-corrected chi connectivity index (χ4v) is 3.55. The molecule has 1 fully saturated rings. The van der Waals surface area contributed by atoms with Gasteiger partial charge in [0.2, 0.25) is 10.0 Å². The first-order chi connectivity index (χ1) is 8.44. The van der Waals surface area contributed by atoms with Gasteiger partial charge in [-0.25, -0.2) is 8.42 Å². The van der Waals surface area contributed by atoms with E-state index in [2.05, 4.69) is 13.8 Å². The van der Waals surface area contributed by atoms with Crippen molar-refractivity contribution in [2.24, 2.45) is 11.7 Å². The average Bonchev–Trinajstić information content (AvgIpc) is 2.35. The Hall–Kier alpha value is -0.170. The number of unbranched alkanes of at least 4 members (excludes halogenated alkanes) is 1. The second-order valence-electron chi connectivity index (χ2n) is 5.27. The van der Waals surface area contributed by atoms with E-state index in [4.69, 9.17) is 10.5 Å². The summed E-state index contributed by atoms with van der Waals surface area (Å²) in [5, 5.41) is -0.761. The monoisotopic (exact) mass is 278 g/mol. The maximum absolute atomic E-state index is 12.2. The molecular weight excluding hydrogens is 252 g/mol. The average molecular weight is 278 g/mol. The van der Waals surface area contributed by atoms with Gasteiger partial charge in [-0.05, 0) is 12.3 Å². The topological polar surface area (TPSA) is 72.6 Å². The van der Waals surface area contributed by atoms with Crippen LogP contribution in [-0.2, 0) is 14.8 Å². The van der Waals surface area contributed by atoms with Crippen molar-refractivity contribution in [2.75, 3.05) is 26.3 Å². The third-order valence-corrected chi connectivity index (χ3v) is 5.32. The van der Waals surface area contributed by atoms with Crippen LogP contribution in [0.1, 0.15) is 39.5 Å². The summed E-state index contributed by atoms with van der Waals surface area (Å²) in [7, 11) is -3.33. The molecule has 0 bridgehead atoms. The van der Waals surface area contributed by atoms with Crippen LogP contribution in [0.2, 0.25) is 0 Å². The molecule has 0 spiro atoms. The Morgan fingerprint density at radius 1 is 1.17 bits per heavy atom. The minimum Gasteiger partial charge on any atom is -0.379 e. The zero-order valence-corrected chi connectivity index (χ0v) is 12.3. The smallest absolute Gasteiger partial charge is 0.230 e. The molecule has 1 unspecified atom stereocenters. The van der Waals surface area contributed by atoms with Gasteiger partial charge in [0.1, 0.15) is 5.37 Å². The van der Waals surface area contributed by atoms with Gasteiger partial charge < -0.3 is 10.5 Å². The van der Waals surface area contributed by atoms with E-state index >= 15 is 0 Å². The van der Waals surface area contributed by atoms with E-state index in [0.29, 0.717) is 38.6 Å². The standard InChI is InChI=1S/C12H26N2O3S/c1-11(2)5-3-4-6-12(13)18(15,16)14-7-9-17-10-8-14/h11-12H,3-10,13H2,1-2H3. The van der Waals surface area contributed by atoms with E-state index in [-0.39, 0.29) is 0 Å². The van der Waals surface area contributed by atoms with Crippen molar-refractivity contribution in [3.63, 3.8) is 0 Å². The molecule has 1 atom stereocenters. The van der Waals surface area contributed by atoms with Gasteiger partial charge in [-0.2, -0.15) is 4.31 Å². The first kappa shape index (κ1) is 15.9. The van der Waals surface area contributed by atoms with Crippen molar-refractivity contribution < 1.29 is 13.2 Å². The Balaban J connectivity index is 2.36. The molecule has 1 aliphatic rings. The lowest BCUT2D eigenvalue weighted by Crippen LogP contribution is -2.48. The van der Waals surface area contributed by atoms with Gasteiger partial charge in [-0.1, -0.05) is 33.1 Å². The molecule has 1 heterocycles. The number of ether oxygens (including phenoxy) is 1. The van der Waals surface area contributed by atoms with Crippen LogP contribution in [0.15, 0.2) is 0 Å². The first-order valence-electron chi connectivity index (χ1n) is 6.77. The zero-order chi connectivity index (χ0) is 13.6. The molecule has 1 aliphatic heterocycles. The van der Waals surface area contributed by atoms with Crippen LogP contribution in [0.5, 0.6) is 0 Å². The minimum absolute atomic E-state index is 0.433. The highest BCUT2D eigenvalue weighted by Gasteiger charge is 2.29. The molecule has 1 rings (SSSR count). The predicted molar refractivity (Wildman–Crippen MR) is 72.6 cm³/mol. The van der Waals surface area contributed by atoms with Crippen molar-refractivity contribution in [1.82, 2.24) is 4.31 Å². The molecule has 2 N–H and O–H groups in total. The third-order valence-electron chi connectivity index (χ3n) is 3.23. The van der Waals surface area contributed by atoms with Crippen LogP contribution in [-0.4, -0.2) is 44.4 Å². The summed E-state index contributed by atoms with van der Waals surface area (Å²) in [6.45, 7) is 6.15. The van der Waals surface area contributed by atoms with Gasteiger partial charge in [0.05, 0.1) is 13.2 Å². The molecule has 0 aromatic carbocycles. The molecule has 0 amide bonds. The Labute approximate surface area is 111 Å². The highest BCUT2D eigenvalue weighted by molar-refractivity contribution is 7.89. The zero-order valence-electron chi connectivity index (χ0n) is 11.5. The number of hydrogen-bond donors (Lipinski definition) is 1. The molecular formula is C12H26N2O3S. The minimum atomic E-state index is -3.33. The first-order valence-corrected chi connectivity index (χ1v) is 8.27. The molecule has 0 aromatic rings. The lowest BCUT2D eigenvalue weighted by molar-refractivity contribution is 0.0725. The highest BCUT2D eigenvalue weighted by Crippen LogP contribution is 2.15. The molecule has 6 heteroatoms. The molecule has 5 nitrogen and oxygen atoms in total. The van der Waals surface area contributed by atoms with Gasteiger partial charge in [0, 0.05) is 13.1 Å². The SMILES string of the molecule is CC(C)CCCCC(N)S(=O)(=O)N1CCOCC1. The number of nitrogens with zero attached hydrogens (tertiary/aromatic N) is 1. The highest BCUT2D eigenvalue weighted by atomic mass is 32.2. The van der Waals surface area contributed by atoms with E-state index in [0.717, 1.165) is 19.3 Å². The largest absolute Gasteiger partial charge is 0.379 e. The molecule has 0 aromatic heterocycles. The summed E-state index contributed by atoms with van der Waals surface area (Å²) in [5.74, 6) is 0.664. The summed E-state index contributed by atoms with van der Waals surface area (Å²) in [4.78, 5) is 0. The lowest BCUT2D eigenvalue weighted by Gasteiger charge is -2.28. The Bertz CT molecular complexity index is 324. The molecule has 18 heavy (non-hydrogen) atoms. The predicted octanol–water partition coefficient (Wildman–Crippen LogP) is 1.15. The molecule has 0 aliphatic carbocycles. The van der Waals surface area contributed by atoms with Gasteiger partial charge in [-0.3, -0.25) is 0 Å². The number of nitrogens with two attached hydrogens (primary N) is 1. The third kappa shape index (κ3) is 4.84. The van der Waals surface area contributed by atoms with Gasteiger partial charge >= 0.3 is 0 Å². The Morgan fingerprint density at radius 3 is 2.28 bits per heavy atom. The fraction of sp³-hybridized carbons (Fsp3) is 1.00. The molecule has 108 valence electrons. The van der Waals surface area contributed by atoms with Crippen LogP contribution < -0.4 is 5.73 Å². The second-order valence-corrected chi connectivity index (χ2v) is 7.42. The summed E-state index contributed by atoms with van der Waals surface area (Å²) in [5.41, 5.74) is 5.83. The Kier molecular flexibility index (Phi) is 6.55. The van der Waals surface area contributed by atoms with E-state index in [1.807, 2.05) is 0 Å². The van der Waals surface area contributed by atoms with E-state index in [9.17, 15) is 8.42 Å². The van der Waals surface area contributed by atoms with Gasteiger partial charge in [-0.15, -0.1) is 0 Å². The van der Waals surface area contributed by atoms with Crippen molar-refractivity contribution in [3.8, 4) is 0 Å². The summed E-state index contributed by atoms with van der Waals surface area (Å²) >= 11 is 0. The maximum Gasteiger partial charge on any atom is 0.230 e. The summed E-state index contributed by atoms with van der Waals surface area (Å²) in [6, 6.07) is 0. The van der Waals surface area contributed by atoms with Gasteiger partial charge in [0.15, 0.2) is 0 Å².